The number of carbonyl (C=O) groups excluding carboxylic acids is 1. The van der Waals surface area contributed by atoms with E-state index >= 15 is 0 Å². The molecule has 0 aliphatic carbocycles. The van der Waals surface area contributed by atoms with Gasteiger partial charge in [-0.05, 0) is 31.1 Å². The Kier molecular flexibility index (Phi) is 4.16. The number of hydrogen-bond acceptors (Lipinski definition) is 4. The molecule has 1 saturated heterocycles. The van der Waals surface area contributed by atoms with Crippen LogP contribution in [0.3, 0.4) is 0 Å². The summed E-state index contributed by atoms with van der Waals surface area (Å²) in [6, 6.07) is 7.79. The summed E-state index contributed by atoms with van der Waals surface area (Å²) in [5.74, 6) is 0.0935. The molecular weight excluding hydrogens is 306 g/mol. The van der Waals surface area contributed by atoms with E-state index in [1.54, 1.807) is 0 Å². The molecule has 0 N–H and O–H groups in total. The average molecular weight is 329 g/mol. The Morgan fingerprint density at radius 2 is 1.96 bits per heavy atom. The lowest BCUT2D eigenvalue weighted by Gasteiger charge is -2.38. The highest BCUT2D eigenvalue weighted by Crippen LogP contribution is 2.32. The summed E-state index contributed by atoms with van der Waals surface area (Å²) in [4.78, 5) is 14.6. The number of ether oxygens (including phenoxy) is 3. The lowest BCUT2D eigenvalue weighted by Crippen LogP contribution is -2.47. The van der Waals surface area contributed by atoms with Crippen LogP contribution in [-0.2, 0) is 20.8 Å². The Bertz CT molecular complexity index is 665. The first-order chi connectivity index (χ1) is 11.6. The maximum atomic E-state index is 12.7. The van der Waals surface area contributed by atoms with Crippen molar-refractivity contribution >= 4 is 5.91 Å². The summed E-state index contributed by atoms with van der Waals surface area (Å²) in [7, 11) is 0. The van der Waals surface area contributed by atoms with E-state index in [4.69, 9.17) is 14.2 Å². The second-order valence-corrected chi connectivity index (χ2v) is 6.73. The molecule has 3 atom stereocenters. The maximum Gasteiger partial charge on any atom is 0.255 e. The van der Waals surface area contributed by atoms with Gasteiger partial charge in [0.15, 0.2) is 6.29 Å². The molecule has 1 aromatic rings. The van der Waals surface area contributed by atoms with Crippen LogP contribution in [0.25, 0.3) is 0 Å². The molecule has 3 aliphatic rings. The zero-order chi connectivity index (χ0) is 16.7. The second-order valence-electron chi connectivity index (χ2n) is 6.73. The summed E-state index contributed by atoms with van der Waals surface area (Å²) >= 11 is 0. The van der Waals surface area contributed by atoms with Crippen LogP contribution in [0.5, 0.6) is 0 Å². The number of carbonyl (C=O) groups is 1. The van der Waals surface area contributed by atoms with Crippen LogP contribution in [0.1, 0.15) is 36.2 Å². The predicted molar refractivity (Wildman–Crippen MR) is 88.5 cm³/mol. The van der Waals surface area contributed by atoms with Gasteiger partial charge in [0.05, 0.1) is 31.5 Å². The molecular formula is C19H23NO4. The van der Waals surface area contributed by atoms with E-state index < -0.39 is 0 Å². The van der Waals surface area contributed by atoms with Crippen molar-refractivity contribution in [3.63, 3.8) is 0 Å². The molecule has 128 valence electrons. The zero-order valence-corrected chi connectivity index (χ0v) is 14.1. The van der Waals surface area contributed by atoms with Gasteiger partial charge in [-0.1, -0.05) is 24.3 Å². The third kappa shape index (κ3) is 2.77. The van der Waals surface area contributed by atoms with Crippen LogP contribution in [0.15, 0.2) is 35.9 Å². The van der Waals surface area contributed by atoms with Crippen molar-refractivity contribution in [2.45, 2.75) is 51.4 Å². The minimum atomic E-state index is -0.181. The minimum Gasteiger partial charge on any atom is -0.368 e. The van der Waals surface area contributed by atoms with Gasteiger partial charge >= 0.3 is 0 Å². The Morgan fingerprint density at radius 3 is 2.71 bits per heavy atom. The van der Waals surface area contributed by atoms with E-state index in [-0.39, 0.29) is 30.4 Å². The van der Waals surface area contributed by atoms with Gasteiger partial charge in [-0.25, -0.2) is 0 Å². The fourth-order valence-corrected chi connectivity index (χ4v) is 3.78. The molecule has 1 fully saturated rings. The molecule has 1 amide bonds. The van der Waals surface area contributed by atoms with Gasteiger partial charge in [0, 0.05) is 18.5 Å². The lowest BCUT2D eigenvalue weighted by molar-refractivity contribution is -0.0988. The molecule has 5 nitrogen and oxygen atoms in total. The van der Waals surface area contributed by atoms with Gasteiger partial charge in [0.1, 0.15) is 0 Å². The third-order valence-electron chi connectivity index (χ3n) is 5.11. The van der Waals surface area contributed by atoms with Crippen molar-refractivity contribution < 1.29 is 19.0 Å². The summed E-state index contributed by atoms with van der Waals surface area (Å²) in [6.07, 6.45) is 2.63. The maximum absolute atomic E-state index is 12.7. The molecule has 0 bridgehead atoms. The highest BCUT2D eigenvalue weighted by atomic mass is 16.7. The Morgan fingerprint density at radius 1 is 1.21 bits per heavy atom. The third-order valence-corrected chi connectivity index (χ3v) is 5.11. The van der Waals surface area contributed by atoms with Gasteiger partial charge < -0.3 is 19.1 Å². The first-order valence-electron chi connectivity index (χ1n) is 8.59. The topological polar surface area (TPSA) is 48.0 Å². The Labute approximate surface area is 142 Å². The standard InChI is InChI=1S/C19H23NO4/c1-12-9-16(13(2)24-17(12)10-18-22-7-8-23-18)20-11-14-5-3-4-6-15(14)19(20)21/h3-6,9,13,16-18H,7-8,10-11H2,1-2H3/t13-,16-,17+/m1/s1. The average Bonchev–Trinajstić information content (AvgIpc) is 3.19. The van der Waals surface area contributed by atoms with Gasteiger partial charge in [-0.3, -0.25) is 4.79 Å². The van der Waals surface area contributed by atoms with Gasteiger partial charge in [0.25, 0.3) is 5.91 Å². The fraction of sp³-hybridized carbons (Fsp3) is 0.526. The van der Waals surface area contributed by atoms with Crippen LogP contribution in [0.2, 0.25) is 0 Å². The monoisotopic (exact) mass is 329 g/mol. The highest BCUT2D eigenvalue weighted by molar-refractivity contribution is 5.98. The first kappa shape index (κ1) is 15.8. The van der Waals surface area contributed by atoms with Crippen LogP contribution in [-0.4, -0.2) is 48.6 Å². The molecule has 3 heterocycles. The van der Waals surface area contributed by atoms with Crippen LogP contribution in [0, 0.1) is 0 Å². The van der Waals surface area contributed by atoms with Crippen LogP contribution in [0.4, 0.5) is 0 Å². The van der Waals surface area contributed by atoms with Gasteiger partial charge in [-0.2, -0.15) is 0 Å². The minimum absolute atomic E-state index is 0.0144. The summed E-state index contributed by atoms with van der Waals surface area (Å²) in [5, 5.41) is 0. The molecule has 1 aromatic carbocycles. The molecule has 4 rings (SSSR count). The molecule has 0 radical (unpaired) electrons. The number of rotatable bonds is 3. The summed E-state index contributed by atoms with van der Waals surface area (Å²) in [5.41, 5.74) is 3.04. The van der Waals surface area contributed by atoms with E-state index in [0.29, 0.717) is 26.2 Å². The van der Waals surface area contributed by atoms with Gasteiger partial charge in [-0.15, -0.1) is 0 Å². The predicted octanol–water partition coefficient (Wildman–Crippen LogP) is 2.51. The quantitative estimate of drug-likeness (QED) is 0.800. The summed E-state index contributed by atoms with van der Waals surface area (Å²) in [6.45, 7) is 6.05. The van der Waals surface area contributed by atoms with Crippen molar-refractivity contribution in [2.24, 2.45) is 0 Å². The number of benzene rings is 1. The Balaban J connectivity index is 1.51. The molecule has 0 spiro atoms. The number of nitrogens with zero attached hydrogens (tertiary/aromatic N) is 1. The SMILES string of the molecule is CC1=C[C@@H](N2Cc3ccccc3C2=O)[C@@H](C)O[C@H]1CC1OCCO1. The van der Waals surface area contributed by atoms with Gasteiger partial charge in [0.2, 0.25) is 0 Å². The van der Waals surface area contributed by atoms with Crippen molar-refractivity contribution in [3.8, 4) is 0 Å². The molecule has 0 unspecified atom stereocenters. The molecule has 0 saturated carbocycles. The van der Waals surface area contributed by atoms with Crippen molar-refractivity contribution in [1.29, 1.82) is 0 Å². The normalized spacial score (nSPS) is 30.6. The number of hydrogen-bond donors (Lipinski definition) is 0. The van der Waals surface area contributed by atoms with E-state index in [0.717, 1.165) is 16.7 Å². The van der Waals surface area contributed by atoms with E-state index in [1.807, 2.05) is 36.1 Å². The molecule has 24 heavy (non-hydrogen) atoms. The Hall–Kier alpha value is -1.69. The molecule has 5 heteroatoms. The first-order valence-corrected chi connectivity index (χ1v) is 8.59. The van der Waals surface area contributed by atoms with E-state index in [2.05, 4.69) is 13.0 Å². The van der Waals surface area contributed by atoms with Crippen molar-refractivity contribution in [1.82, 2.24) is 4.90 Å². The molecule has 3 aliphatic heterocycles. The van der Waals surface area contributed by atoms with Crippen LogP contribution >= 0.6 is 0 Å². The second kappa shape index (κ2) is 6.31. The van der Waals surface area contributed by atoms with Crippen molar-refractivity contribution in [3.05, 3.63) is 47.0 Å². The number of fused-ring (bicyclic) bond motifs is 1. The van der Waals surface area contributed by atoms with Crippen LogP contribution < -0.4 is 0 Å². The smallest absolute Gasteiger partial charge is 0.255 e. The summed E-state index contributed by atoms with van der Waals surface area (Å²) < 4.78 is 17.3. The van der Waals surface area contributed by atoms with E-state index in [9.17, 15) is 4.79 Å². The number of amides is 1. The van der Waals surface area contributed by atoms with E-state index in [1.165, 1.54) is 0 Å². The lowest BCUT2D eigenvalue weighted by atomic mass is 9.97. The zero-order valence-electron chi connectivity index (χ0n) is 14.1. The largest absolute Gasteiger partial charge is 0.368 e. The highest BCUT2D eigenvalue weighted by Gasteiger charge is 2.38. The fourth-order valence-electron chi connectivity index (χ4n) is 3.78. The van der Waals surface area contributed by atoms with Crippen molar-refractivity contribution in [2.75, 3.05) is 13.2 Å². The molecule has 0 aromatic heterocycles.